The first-order valence-corrected chi connectivity index (χ1v) is 8.22. The Hall–Kier alpha value is -2.75. The zero-order valence-electron chi connectivity index (χ0n) is 15.6. The quantitative estimate of drug-likeness (QED) is 0.831. The van der Waals surface area contributed by atoms with Gasteiger partial charge in [0, 0.05) is 12.6 Å². The van der Waals surface area contributed by atoms with Crippen molar-refractivity contribution >= 4 is 12.0 Å². The van der Waals surface area contributed by atoms with E-state index in [1.807, 2.05) is 19.1 Å². The molecular weight excluding hydrogens is 314 g/mol. The van der Waals surface area contributed by atoms with Crippen molar-refractivity contribution in [2.75, 3.05) is 20.8 Å². The second-order valence-corrected chi connectivity index (χ2v) is 5.43. The lowest BCUT2D eigenvalue weighted by atomic mass is 10.1. The van der Waals surface area contributed by atoms with Crippen LogP contribution in [0.25, 0.3) is 6.08 Å². The number of aryl methyl sites for hydroxylation is 2. The van der Waals surface area contributed by atoms with Crippen LogP contribution in [0.15, 0.2) is 48.5 Å². The molecule has 4 heteroatoms. The molecule has 0 bridgehead atoms. The molecule has 0 radical (unpaired) electrons. The maximum Gasteiger partial charge on any atom is 0.243 e. The molecule has 2 aromatic rings. The highest BCUT2D eigenvalue weighted by atomic mass is 16.5. The van der Waals surface area contributed by atoms with E-state index in [0.29, 0.717) is 18.0 Å². The van der Waals surface area contributed by atoms with Crippen LogP contribution in [0.2, 0.25) is 0 Å². The standard InChI is InChI=1S/C13H17NO3.C8H10/c1-4-14-13(15)8-6-10-5-7-11(16-2)12(9-10)17-3;1-7-5-3-4-6-8(7)2/h5-9H,4H2,1-3H3,(H,14,15);3-6H,1-2H3/b8-6+;. The molecule has 0 aromatic heterocycles. The Bertz CT molecular complexity index is 687. The molecular formula is C21H27NO3. The van der Waals surface area contributed by atoms with Crippen molar-refractivity contribution in [2.45, 2.75) is 20.8 Å². The number of likely N-dealkylation sites (N-methyl/N-ethyl adjacent to an activating group) is 1. The molecule has 0 fully saturated rings. The molecule has 0 saturated carbocycles. The van der Waals surface area contributed by atoms with E-state index in [9.17, 15) is 4.79 Å². The highest BCUT2D eigenvalue weighted by Gasteiger charge is 2.02. The Morgan fingerprint density at radius 1 is 1.00 bits per heavy atom. The molecule has 134 valence electrons. The minimum absolute atomic E-state index is 0.109. The summed E-state index contributed by atoms with van der Waals surface area (Å²) in [6, 6.07) is 13.8. The number of ether oxygens (including phenoxy) is 2. The average molecular weight is 341 g/mol. The third kappa shape index (κ3) is 7.12. The SMILES string of the molecule is CCNC(=O)/C=C/c1ccc(OC)c(OC)c1.Cc1ccccc1C. The van der Waals surface area contributed by atoms with Crippen molar-refractivity contribution in [2.24, 2.45) is 0 Å². The van der Waals surface area contributed by atoms with Gasteiger partial charge in [-0.25, -0.2) is 0 Å². The van der Waals surface area contributed by atoms with E-state index < -0.39 is 0 Å². The Balaban J connectivity index is 0.000000324. The summed E-state index contributed by atoms with van der Waals surface area (Å²) in [5.41, 5.74) is 3.62. The maximum absolute atomic E-state index is 11.2. The van der Waals surface area contributed by atoms with Crippen LogP contribution in [0.1, 0.15) is 23.6 Å². The number of carbonyl (C=O) groups excluding carboxylic acids is 1. The molecule has 0 saturated heterocycles. The maximum atomic E-state index is 11.2. The first-order chi connectivity index (χ1) is 12.0. The molecule has 0 atom stereocenters. The highest BCUT2D eigenvalue weighted by molar-refractivity contribution is 5.91. The predicted molar refractivity (Wildman–Crippen MR) is 103 cm³/mol. The van der Waals surface area contributed by atoms with Gasteiger partial charge in [-0.3, -0.25) is 4.79 Å². The second kappa shape index (κ2) is 10.9. The average Bonchev–Trinajstić information content (AvgIpc) is 2.63. The van der Waals surface area contributed by atoms with E-state index in [2.05, 4.69) is 43.4 Å². The van der Waals surface area contributed by atoms with E-state index in [1.165, 1.54) is 17.2 Å². The predicted octanol–water partition coefficient (Wildman–Crippen LogP) is 4.16. The van der Waals surface area contributed by atoms with Gasteiger partial charge in [0.2, 0.25) is 5.91 Å². The molecule has 0 aliphatic carbocycles. The molecule has 1 amide bonds. The van der Waals surface area contributed by atoms with Crippen LogP contribution in [-0.2, 0) is 4.79 Å². The number of rotatable bonds is 5. The number of amides is 1. The van der Waals surface area contributed by atoms with Gasteiger partial charge in [0.1, 0.15) is 0 Å². The van der Waals surface area contributed by atoms with Crippen molar-refractivity contribution in [1.29, 1.82) is 0 Å². The number of nitrogens with one attached hydrogen (secondary N) is 1. The van der Waals surface area contributed by atoms with Crippen molar-refractivity contribution in [3.63, 3.8) is 0 Å². The van der Waals surface area contributed by atoms with Crippen molar-refractivity contribution in [3.8, 4) is 11.5 Å². The molecule has 4 nitrogen and oxygen atoms in total. The fraction of sp³-hybridized carbons (Fsp3) is 0.286. The number of carbonyl (C=O) groups is 1. The number of hydrogen-bond donors (Lipinski definition) is 1. The minimum atomic E-state index is -0.109. The summed E-state index contributed by atoms with van der Waals surface area (Å²) in [5, 5.41) is 2.69. The zero-order chi connectivity index (χ0) is 18.7. The monoisotopic (exact) mass is 341 g/mol. The fourth-order valence-electron chi connectivity index (χ4n) is 2.02. The molecule has 1 N–H and O–H groups in total. The molecule has 0 unspecified atom stereocenters. The van der Waals surface area contributed by atoms with E-state index >= 15 is 0 Å². The number of hydrogen-bond acceptors (Lipinski definition) is 3. The minimum Gasteiger partial charge on any atom is -0.493 e. The van der Waals surface area contributed by atoms with Crippen LogP contribution in [0.3, 0.4) is 0 Å². The van der Waals surface area contributed by atoms with Gasteiger partial charge < -0.3 is 14.8 Å². The Morgan fingerprint density at radius 2 is 1.60 bits per heavy atom. The van der Waals surface area contributed by atoms with Crippen LogP contribution >= 0.6 is 0 Å². The van der Waals surface area contributed by atoms with Crippen LogP contribution in [0, 0.1) is 13.8 Å². The Labute approximate surface area is 150 Å². The molecule has 0 aliphatic rings. The lowest BCUT2D eigenvalue weighted by molar-refractivity contribution is -0.116. The lowest BCUT2D eigenvalue weighted by Gasteiger charge is -2.07. The summed E-state index contributed by atoms with van der Waals surface area (Å²) in [5.74, 6) is 1.20. The van der Waals surface area contributed by atoms with Crippen molar-refractivity contribution < 1.29 is 14.3 Å². The van der Waals surface area contributed by atoms with Gasteiger partial charge in [-0.2, -0.15) is 0 Å². The van der Waals surface area contributed by atoms with Crippen LogP contribution in [-0.4, -0.2) is 26.7 Å². The van der Waals surface area contributed by atoms with Crippen molar-refractivity contribution in [3.05, 3.63) is 65.2 Å². The van der Waals surface area contributed by atoms with E-state index in [1.54, 1.807) is 26.4 Å². The largest absolute Gasteiger partial charge is 0.493 e. The van der Waals surface area contributed by atoms with Gasteiger partial charge in [-0.15, -0.1) is 0 Å². The lowest BCUT2D eigenvalue weighted by Crippen LogP contribution is -2.19. The smallest absolute Gasteiger partial charge is 0.243 e. The number of benzene rings is 2. The Morgan fingerprint density at radius 3 is 2.08 bits per heavy atom. The Kier molecular flexibility index (Phi) is 8.86. The van der Waals surface area contributed by atoms with Crippen molar-refractivity contribution in [1.82, 2.24) is 5.32 Å². The van der Waals surface area contributed by atoms with Crippen LogP contribution in [0.4, 0.5) is 0 Å². The molecule has 2 aromatic carbocycles. The summed E-state index contributed by atoms with van der Waals surface area (Å²) in [6.45, 7) is 6.74. The third-order valence-electron chi connectivity index (χ3n) is 3.61. The second-order valence-electron chi connectivity index (χ2n) is 5.43. The van der Waals surface area contributed by atoms with Crippen LogP contribution in [0.5, 0.6) is 11.5 Å². The summed E-state index contributed by atoms with van der Waals surface area (Å²) >= 11 is 0. The summed E-state index contributed by atoms with van der Waals surface area (Å²) in [4.78, 5) is 11.2. The summed E-state index contributed by atoms with van der Waals surface area (Å²) < 4.78 is 10.3. The van der Waals surface area contributed by atoms with Gasteiger partial charge in [0.15, 0.2) is 11.5 Å². The molecule has 0 heterocycles. The van der Waals surface area contributed by atoms with E-state index in [-0.39, 0.29) is 5.91 Å². The topological polar surface area (TPSA) is 47.6 Å². The third-order valence-corrected chi connectivity index (χ3v) is 3.61. The van der Waals surface area contributed by atoms with Gasteiger partial charge in [0.05, 0.1) is 14.2 Å². The van der Waals surface area contributed by atoms with Gasteiger partial charge in [-0.05, 0) is 55.7 Å². The summed E-state index contributed by atoms with van der Waals surface area (Å²) in [7, 11) is 3.16. The molecule has 2 rings (SSSR count). The first-order valence-electron chi connectivity index (χ1n) is 8.22. The van der Waals surface area contributed by atoms with Gasteiger partial charge >= 0.3 is 0 Å². The summed E-state index contributed by atoms with van der Waals surface area (Å²) in [6.07, 6.45) is 3.22. The highest BCUT2D eigenvalue weighted by Crippen LogP contribution is 2.27. The normalized spacial score (nSPS) is 9.96. The fourth-order valence-corrected chi connectivity index (χ4v) is 2.02. The molecule has 0 aliphatic heterocycles. The number of methoxy groups -OCH3 is 2. The molecule has 0 spiro atoms. The van der Waals surface area contributed by atoms with Gasteiger partial charge in [-0.1, -0.05) is 30.3 Å². The zero-order valence-corrected chi connectivity index (χ0v) is 15.6. The van der Waals surface area contributed by atoms with Crippen LogP contribution < -0.4 is 14.8 Å². The van der Waals surface area contributed by atoms with Gasteiger partial charge in [0.25, 0.3) is 0 Å². The van der Waals surface area contributed by atoms with E-state index in [4.69, 9.17) is 9.47 Å². The first kappa shape index (κ1) is 20.3. The molecule has 25 heavy (non-hydrogen) atoms. The van der Waals surface area contributed by atoms with E-state index in [0.717, 1.165) is 5.56 Å².